The molecular formula is C15H20N2O9P-. The van der Waals surface area contributed by atoms with Crippen molar-refractivity contribution in [3.63, 3.8) is 0 Å². The number of rotatable bonds is 7. The van der Waals surface area contributed by atoms with Gasteiger partial charge >= 0.3 is 5.69 Å². The van der Waals surface area contributed by atoms with Crippen LogP contribution < -0.4 is 16.1 Å². The quantitative estimate of drug-likeness (QED) is 0.418. The van der Waals surface area contributed by atoms with E-state index in [1.807, 2.05) is 0 Å². The predicted molar refractivity (Wildman–Crippen MR) is 89.8 cm³/mol. The van der Waals surface area contributed by atoms with Crippen molar-refractivity contribution in [2.75, 3.05) is 27.4 Å². The minimum Gasteiger partial charge on any atom is -0.756 e. The molecule has 0 spiro atoms. The number of hydrogen-bond acceptors (Lipinski definition) is 9. The Kier molecular flexibility index (Phi) is 7.52. The van der Waals surface area contributed by atoms with Gasteiger partial charge in [0.25, 0.3) is 13.4 Å². The molecular weight excluding hydrogens is 383 g/mol. The van der Waals surface area contributed by atoms with Gasteiger partial charge in [-0.25, -0.2) is 4.79 Å². The first-order valence-corrected chi connectivity index (χ1v) is 9.42. The molecule has 4 atom stereocenters. The fourth-order valence-electron chi connectivity index (χ4n) is 2.51. The van der Waals surface area contributed by atoms with Crippen molar-refractivity contribution in [3.8, 4) is 11.8 Å². The van der Waals surface area contributed by atoms with Crippen LogP contribution in [0.5, 0.6) is 0 Å². The highest BCUT2D eigenvalue weighted by molar-refractivity contribution is 7.45. The zero-order chi connectivity index (χ0) is 20.0. The van der Waals surface area contributed by atoms with Gasteiger partial charge in [-0.1, -0.05) is 11.8 Å². The highest BCUT2D eigenvalue weighted by atomic mass is 31.2. The molecule has 2 N–H and O–H groups in total. The highest BCUT2D eigenvalue weighted by Crippen LogP contribution is 2.43. The number of H-pyrrole nitrogens is 1. The largest absolute Gasteiger partial charge is 0.756 e. The molecule has 1 aliphatic heterocycles. The maximum absolute atomic E-state index is 12.1. The molecule has 1 fully saturated rings. The Morgan fingerprint density at radius 3 is 2.85 bits per heavy atom. The molecule has 0 aromatic carbocycles. The third kappa shape index (κ3) is 5.60. The Morgan fingerprint density at radius 2 is 2.22 bits per heavy atom. The fourth-order valence-corrected chi connectivity index (χ4v) is 3.15. The lowest BCUT2D eigenvalue weighted by Crippen LogP contribution is -2.33. The van der Waals surface area contributed by atoms with Gasteiger partial charge in [0.05, 0.1) is 19.3 Å². The molecule has 0 amide bonds. The van der Waals surface area contributed by atoms with Gasteiger partial charge in [0.2, 0.25) is 0 Å². The molecule has 0 saturated carbocycles. The van der Waals surface area contributed by atoms with Gasteiger partial charge in [-0.3, -0.25) is 18.9 Å². The van der Waals surface area contributed by atoms with Gasteiger partial charge in [0.1, 0.15) is 17.9 Å². The van der Waals surface area contributed by atoms with Gasteiger partial charge in [0.15, 0.2) is 0 Å². The van der Waals surface area contributed by atoms with E-state index in [0.29, 0.717) is 0 Å². The van der Waals surface area contributed by atoms with E-state index in [1.54, 1.807) is 0 Å². The van der Waals surface area contributed by atoms with Crippen LogP contribution in [-0.4, -0.2) is 54.3 Å². The predicted octanol–water partition coefficient (Wildman–Crippen LogP) is -1.30. The van der Waals surface area contributed by atoms with Crippen LogP contribution in [0, 0.1) is 11.8 Å². The Morgan fingerprint density at radius 1 is 1.48 bits per heavy atom. The van der Waals surface area contributed by atoms with Crippen molar-refractivity contribution in [2.24, 2.45) is 0 Å². The lowest BCUT2D eigenvalue weighted by Gasteiger charge is -2.26. The SMILES string of the molecule is COC[C@H]1O[C@@H](n2cc(C#CCCO)c(=O)[nH]c2=O)C[C@H]1OP(=O)([O-])OC. The average Bonchev–Trinajstić information content (AvgIpc) is 2.99. The summed E-state index contributed by atoms with van der Waals surface area (Å²) in [5.41, 5.74) is -1.42. The van der Waals surface area contributed by atoms with Crippen molar-refractivity contribution >= 4 is 7.82 Å². The van der Waals surface area contributed by atoms with Crippen molar-refractivity contribution in [1.82, 2.24) is 9.55 Å². The lowest BCUT2D eigenvalue weighted by atomic mass is 10.2. The number of nitrogens with zero attached hydrogens (tertiary/aromatic N) is 1. The van der Waals surface area contributed by atoms with Crippen LogP contribution >= 0.6 is 7.82 Å². The molecule has 2 heterocycles. The number of phosphoric ester groups is 1. The average molecular weight is 403 g/mol. The Balaban J connectivity index is 2.31. The maximum Gasteiger partial charge on any atom is 0.330 e. The van der Waals surface area contributed by atoms with Gasteiger partial charge in [-0.2, -0.15) is 0 Å². The van der Waals surface area contributed by atoms with E-state index < -0.39 is 37.5 Å². The summed E-state index contributed by atoms with van der Waals surface area (Å²) >= 11 is 0. The van der Waals surface area contributed by atoms with E-state index in [0.717, 1.165) is 11.7 Å². The van der Waals surface area contributed by atoms with E-state index in [1.165, 1.54) is 13.3 Å². The van der Waals surface area contributed by atoms with E-state index in [4.69, 9.17) is 19.1 Å². The number of methoxy groups -OCH3 is 1. The first kappa shape index (κ1) is 21.5. The molecule has 1 saturated heterocycles. The van der Waals surface area contributed by atoms with Crippen molar-refractivity contribution in [1.29, 1.82) is 0 Å². The van der Waals surface area contributed by atoms with Crippen LogP contribution in [-0.2, 0) is 23.1 Å². The number of aliphatic hydroxyl groups is 1. The van der Waals surface area contributed by atoms with Gasteiger partial charge < -0.3 is 28.5 Å². The number of aromatic amines is 1. The molecule has 0 aliphatic carbocycles. The first-order valence-electron chi connectivity index (χ1n) is 7.96. The first-order chi connectivity index (χ1) is 12.8. The highest BCUT2D eigenvalue weighted by Gasteiger charge is 2.39. The summed E-state index contributed by atoms with van der Waals surface area (Å²) in [5, 5.41) is 8.76. The standard InChI is InChI=1S/C15H21N2O9P/c1-23-9-12-11(26-27(21,22)24-2)7-13(25-12)17-8-10(5-3-4-6-18)14(19)16-15(17)20/h8,11-13,18H,4,6-7,9H2,1-2H3,(H,21,22)(H,16,19,20)/p-1/t11-,12-,13-/m1/s1. The van der Waals surface area contributed by atoms with Crippen LogP contribution in [0.2, 0.25) is 0 Å². The molecule has 1 unspecified atom stereocenters. The van der Waals surface area contributed by atoms with Crippen LogP contribution in [0.15, 0.2) is 15.8 Å². The smallest absolute Gasteiger partial charge is 0.330 e. The summed E-state index contributed by atoms with van der Waals surface area (Å²) < 4.78 is 32.6. The van der Waals surface area contributed by atoms with Gasteiger partial charge in [-0.05, 0) is 0 Å². The van der Waals surface area contributed by atoms with E-state index in [-0.39, 0.29) is 31.6 Å². The van der Waals surface area contributed by atoms with E-state index in [2.05, 4.69) is 21.3 Å². The zero-order valence-corrected chi connectivity index (χ0v) is 15.6. The minimum absolute atomic E-state index is 0.000917. The Bertz CT molecular complexity index is 869. The summed E-state index contributed by atoms with van der Waals surface area (Å²) in [7, 11) is -2.15. The lowest BCUT2D eigenvalue weighted by molar-refractivity contribution is -0.229. The van der Waals surface area contributed by atoms with Gasteiger partial charge in [-0.15, -0.1) is 0 Å². The topological polar surface area (TPSA) is 152 Å². The second-order valence-electron chi connectivity index (χ2n) is 5.58. The van der Waals surface area contributed by atoms with Crippen LogP contribution in [0.1, 0.15) is 24.6 Å². The molecule has 150 valence electrons. The number of phosphoric acid groups is 1. The summed E-state index contributed by atoms with van der Waals surface area (Å²) in [6, 6.07) is 0. The Hall–Kier alpha value is -1.77. The molecule has 2 rings (SSSR count). The molecule has 11 nitrogen and oxygen atoms in total. The van der Waals surface area contributed by atoms with E-state index in [9.17, 15) is 19.0 Å². The maximum atomic E-state index is 12.1. The normalized spacial score (nSPS) is 24.2. The van der Waals surface area contributed by atoms with Crippen molar-refractivity contribution in [3.05, 3.63) is 32.6 Å². The van der Waals surface area contributed by atoms with Crippen molar-refractivity contribution in [2.45, 2.75) is 31.3 Å². The second-order valence-corrected chi connectivity index (χ2v) is 7.05. The van der Waals surface area contributed by atoms with Crippen molar-refractivity contribution < 1.29 is 33.1 Å². The third-order valence-electron chi connectivity index (χ3n) is 3.74. The van der Waals surface area contributed by atoms with Gasteiger partial charge in [0, 0.05) is 33.3 Å². The summed E-state index contributed by atoms with van der Waals surface area (Å²) in [5.74, 6) is 5.15. The number of ether oxygens (including phenoxy) is 2. The Labute approximate surface area is 154 Å². The second kappa shape index (κ2) is 9.43. The summed E-state index contributed by atoms with van der Waals surface area (Å²) in [4.78, 5) is 37.7. The molecule has 27 heavy (non-hydrogen) atoms. The summed E-state index contributed by atoms with van der Waals surface area (Å²) in [6.45, 7) is -0.144. The zero-order valence-electron chi connectivity index (χ0n) is 14.7. The van der Waals surface area contributed by atoms with Crippen LogP contribution in [0.4, 0.5) is 0 Å². The third-order valence-corrected chi connectivity index (χ3v) is 4.71. The fraction of sp³-hybridized carbons (Fsp3) is 0.600. The molecule has 1 aromatic heterocycles. The monoisotopic (exact) mass is 403 g/mol. The van der Waals surface area contributed by atoms with E-state index >= 15 is 0 Å². The number of hydrogen-bond donors (Lipinski definition) is 2. The number of aliphatic hydroxyl groups excluding tert-OH is 1. The molecule has 0 radical (unpaired) electrons. The van der Waals surface area contributed by atoms with Crippen LogP contribution in [0.3, 0.4) is 0 Å². The molecule has 12 heteroatoms. The summed E-state index contributed by atoms with van der Waals surface area (Å²) in [6.07, 6.45) is -1.25. The number of aromatic nitrogens is 2. The number of nitrogens with one attached hydrogen (secondary N) is 1. The minimum atomic E-state index is -4.53. The molecule has 1 aliphatic rings. The molecule has 1 aromatic rings. The molecule has 0 bridgehead atoms. The van der Waals surface area contributed by atoms with Crippen LogP contribution in [0.25, 0.3) is 0 Å².